The van der Waals surface area contributed by atoms with Crippen molar-refractivity contribution in [1.29, 1.82) is 0 Å². The van der Waals surface area contributed by atoms with E-state index < -0.39 is 16.6 Å². The SMILES string of the molecule is CCCCOCCOCc1cccc([N+](=O)[O-])c1C(=O)O. The molecule has 7 nitrogen and oxygen atoms in total. The summed E-state index contributed by atoms with van der Waals surface area (Å²) in [5.74, 6) is -1.33. The third-order valence-electron chi connectivity index (χ3n) is 2.81. The van der Waals surface area contributed by atoms with Crippen molar-refractivity contribution in [1.82, 2.24) is 0 Å². The number of nitro groups is 1. The molecule has 0 aliphatic carbocycles. The van der Waals surface area contributed by atoms with Gasteiger partial charge in [0.15, 0.2) is 0 Å². The molecule has 0 aliphatic heterocycles. The maximum atomic E-state index is 11.2. The molecule has 1 rings (SSSR count). The molecule has 0 aliphatic rings. The van der Waals surface area contributed by atoms with Crippen molar-refractivity contribution in [2.24, 2.45) is 0 Å². The smallest absolute Gasteiger partial charge is 0.343 e. The Balaban J connectivity index is 2.57. The highest BCUT2D eigenvalue weighted by Crippen LogP contribution is 2.22. The first-order chi connectivity index (χ1) is 10.1. The van der Waals surface area contributed by atoms with Crippen LogP contribution in [-0.4, -0.2) is 35.8 Å². The normalized spacial score (nSPS) is 10.5. The molecule has 1 aromatic carbocycles. The second kappa shape index (κ2) is 9.04. The van der Waals surface area contributed by atoms with E-state index in [4.69, 9.17) is 14.6 Å². The van der Waals surface area contributed by atoms with E-state index in [2.05, 4.69) is 6.92 Å². The number of nitrogens with zero attached hydrogens (tertiary/aromatic N) is 1. The van der Waals surface area contributed by atoms with E-state index in [1.807, 2.05) is 0 Å². The summed E-state index contributed by atoms with van der Waals surface area (Å²) in [5.41, 5.74) is -0.470. The summed E-state index contributed by atoms with van der Waals surface area (Å²) in [7, 11) is 0. The molecule has 0 unspecified atom stereocenters. The number of ether oxygens (including phenoxy) is 2. The van der Waals surface area contributed by atoms with Crippen molar-refractivity contribution in [3.8, 4) is 0 Å². The van der Waals surface area contributed by atoms with Crippen molar-refractivity contribution in [3.63, 3.8) is 0 Å². The first kappa shape index (κ1) is 17.1. The van der Waals surface area contributed by atoms with E-state index in [0.29, 0.717) is 19.8 Å². The Morgan fingerprint density at radius 2 is 2.00 bits per heavy atom. The number of aromatic carboxylic acids is 1. The van der Waals surface area contributed by atoms with Crippen LogP contribution in [0, 0.1) is 10.1 Å². The lowest BCUT2D eigenvalue weighted by atomic mass is 10.1. The fourth-order valence-electron chi connectivity index (χ4n) is 1.75. The molecule has 1 N–H and O–H groups in total. The van der Waals surface area contributed by atoms with E-state index in [0.717, 1.165) is 12.8 Å². The zero-order valence-electron chi connectivity index (χ0n) is 11.9. The lowest BCUT2D eigenvalue weighted by Crippen LogP contribution is -2.10. The molecule has 7 heteroatoms. The van der Waals surface area contributed by atoms with Crippen LogP contribution >= 0.6 is 0 Å². The second-order valence-corrected chi connectivity index (χ2v) is 4.39. The predicted molar refractivity (Wildman–Crippen MR) is 75.4 cm³/mol. The predicted octanol–water partition coefficient (Wildman–Crippen LogP) is 2.63. The van der Waals surface area contributed by atoms with Gasteiger partial charge in [0.2, 0.25) is 0 Å². The van der Waals surface area contributed by atoms with Gasteiger partial charge in [-0.05, 0) is 12.0 Å². The third kappa shape index (κ3) is 5.49. The number of carbonyl (C=O) groups is 1. The third-order valence-corrected chi connectivity index (χ3v) is 2.81. The summed E-state index contributed by atoms with van der Waals surface area (Å²) in [6, 6.07) is 4.12. The van der Waals surface area contributed by atoms with Gasteiger partial charge >= 0.3 is 5.97 Å². The molecule has 0 aromatic heterocycles. The lowest BCUT2D eigenvalue weighted by Gasteiger charge is -2.08. The summed E-state index contributed by atoms with van der Waals surface area (Å²) in [5, 5.41) is 19.9. The topological polar surface area (TPSA) is 98.9 Å². The summed E-state index contributed by atoms with van der Waals surface area (Å²) in [6.07, 6.45) is 2.03. The Bertz CT molecular complexity index is 488. The van der Waals surface area contributed by atoms with E-state index in [1.165, 1.54) is 18.2 Å². The van der Waals surface area contributed by atoms with Crippen molar-refractivity contribution >= 4 is 11.7 Å². The van der Waals surface area contributed by atoms with E-state index in [-0.39, 0.29) is 17.7 Å². The molecule has 21 heavy (non-hydrogen) atoms. The highest BCUT2D eigenvalue weighted by molar-refractivity contribution is 5.94. The van der Waals surface area contributed by atoms with Gasteiger partial charge < -0.3 is 14.6 Å². The van der Waals surface area contributed by atoms with E-state index in [1.54, 1.807) is 0 Å². The number of nitro benzene ring substituents is 1. The fourth-order valence-corrected chi connectivity index (χ4v) is 1.75. The molecule has 0 bridgehead atoms. The van der Waals surface area contributed by atoms with Crippen LogP contribution < -0.4 is 0 Å². The molecule has 0 spiro atoms. The number of rotatable bonds is 10. The number of benzene rings is 1. The van der Waals surface area contributed by atoms with Crippen molar-refractivity contribution < 1.29 is 24.3 Å². The number of unbranched alkanes of at least 4 members (excludes halogenated alkanes) is 1. The van der Waals surface area contributed by atoms with Gasteiger partial charge in [0.05, 0.1) is 24.7 Å². The maximum absolute atomic E-state index is 11.2. The number of hydrogen-bond acceptors (Lipinski definition) is 5. The average molecular weight is 297 g/mol. The quantitative estimate of drug-likeness (QED) is 0.405. The minimum absolute atomic E-state index is 0.000448. The zero-order chi connectivity index (χ0) is 15.7. The Morgan fingerprint density at radius 1 is 1.29 bits per heavy atom. The lowest BCUT2D eigenvalue weighted by molar-refractivity contribution is -0.385. The highest BCUT2D eigenvalue weighted by atomic mass is 16.6. The Hall–Kier alpha value is -1.99. The summed E-state index contributed by atoms with van der Waals surface area (Å²) < 4.78 is 10.6. The molecule has 116 valence electrons. The molecule has 0 fully saturated rings. The largest absolute Gasteiger partial charge is 0.477 e. The maximum Gasteiger partial charge on any atom is 0.343 e. The van der Waals surface area contributed by atoms with Gasteiger partial charge in [-0.25, -0.2) is 4.79 Å². The molecule has 0 atom stereocenters. The van der Waals surface area contributed by atoms with Crippen LogP contribution in [-0.2, 0) is 16.1 Å². The summed E-state index contributed by atoms with van der Waals surface area (Å²) in [6.45, 7) is 3.45. The molecule has 0 heterocycles. The molecule has 1 aromatic rings. The Morgan fingerprint density at radius 3 is 2.62 bits per heavy atom. The first-order valence-electron chi connectivity index (χ1n) is 6.73. The van der Waals surface area contributed by atoms with Crippen LogP contribution in [0.1, 0.15) is 35.7 Å². The van der Waals surface area contributed by atoms with E-state index >= 15 is 0 Å². The monoisotopic (exact) mass is 297 g/mol. The van der Waals surface area contributed by atoms with Crippen LogP contribution in [0.2, 0.25) is 0 Å². The van der Waals surface area contributed by atoms with Gasteiger partial charge in [-0.15, -0.1) is 0 Å². The van der Waals surface area contributed by atoms with Crippen LogP contribution in [0.5, 0.6) is 0 Å². The number of carboxylic acids is 1. The molecule has 0 saturated carbocycles. The number of carboxylic acid groups (broad SMARTS) is 1. The van der Waals surface area contributed by atoms with Crippen LogP contribution in [0.15, 0.2) is 18.2 Å². The zero-order valence-corrected chi connectivity index (χ0v) is 11.9. The first-order valence-corrected chi connectivity index (χ1v) is 6.73. The molecule has 0 saturated heterocycles. The van der Waals surface area contributed by atoms with Gasteiger partial charge in [0.25, 0.3) is 5.69 Å². The fraction of sp³-hybridized carbons (Fsp3) is 0.500. The van der Waals surface area contributed by atoms with Gasteiger partial charge in [-0.3, -0.25) is 10.1 Å². The Kier molecular flexibility index (Phi) is 7.34. The van der Waals surface area contributed by atoms with Crippen molar-refractivity contribution in [2.75, 3.05) is 19.8 Å². The average Bonchev–Trinajstić information content (AvgIpc) is 2.45. The minimum atomic E-state index is -1.33. The van der Waals surface area contributed by atoms with Crippen LogP contribution in [0.3, 0.4) is 0 Å². The van der Waals surface area contributed by atoms with Crippen LogP contribution in [0.25, 0.3) is 0 Å². The highest BCUT2D eigenvalue weighted by Gasteiger charge is 2.23. The van der Waals surface area contributed by atoms with Gasteiger partial charge in [-0.2, -0.15) is 0 Å². The second-order valence-electron chi connectivity index (χ2n) is 4.39. The summed E-state index contributed by atoms with van der Waals surface area (Å²) in [4.78, 5) is 21.3. The molecular formula is C14H19NO6. The Labute approximate surface area is 122 Å². The van der Waals surface area contributed by atoms with Gasteiger partial charge in [-0.1, -0.05) is 25.5 Å². The van der Waals surface area contributed by atoms with Crippen molar-refractivity contribution in [2.45, 2.75) is 26.4 Å². The number of hydrogen-bond donors (Lipinski definition) is 1. The molecular weight excluding hydrogens is 278 g/mol. The van der Waals surface area contributed by atoms with Gasteiger partial charge in [0, 0.05) is 12.7 Å². The standard InChI is InChI=1S/C14H19NO6/c1-2-3-7-20-8-9-21-10-11-5-4-6-12(15(18)19)13(11)14(16)17/h4-6H,2-3,7-10H2,1H3,(H,16,17). The van der Waals surface area contributed by atoms with E-state index in [9.17, 15) is 14.9 Å². The van der Waals surface area contributed by atoms with Crippen LogP contribution in [0.4, 0.5) is 5.69 Å². The minimum Gasteiger partial charge on any atom is -0.477 e. The summed E-state index contributed by atoms with van der Waals surface area (Å²) >= 11 is 0. The van der Waals surface area contributed by atoms with Crippen molar-refractivity contribution in [3.05, 3.63) is 39.4 Å². The molecule has 0 amide bonds. The molecule has 0 radical (unpaired) electrons. The van der Waals surface area contributed by atoms with Gasteiger partial charge in [0.1, 0.15) is 5.56 Å².